The first-order valence-corrected chi connectivity index (χ1v) is 6.51. The van der Waals surface area contributed by atoms with Gasteiger partial charge in [-0.2, -0.15) is 0 Å². The minimum Gasteiger partial charge on any atom is -0.481 e. The summed E-state index contributed by atoms with van der Waals surface area (Å²) in [7, 11) is 0. The monoisotopic (exact) mass is 312 g/mol. The molecule has 0 bridgehead atoms. The van der Waals surface area contributed by atoms with Gasteiger partial charge in [0.2, 0.25) is 0 Å². The second kappa shape index (κ2) is 5.48. The van der Waals surface area contributed by atoms with Crippen molar-refractivity contribution >= 4 is 27.8 Å². The number of hydrogen-bond donors (Lipinski definition) is 2. The SMILES string of the molecule is O=C(N[C@H]1CC[C@@H](C(=O)O)C1)c1cccnc1Br. The lowest BCUT2D eigenvalue weighted by atomic mass is 10.1. The molecule has 1 saturated carbocycles. The van der Waals surface area contributed by atoms with Crippen molar-refractivity contribution in [2.24, 2.45) is 5.92 Å². The number of carbonyl (C=O) groups is 2. The van der Waals surface area contributed by atoms with E-state index in [1.807, 2.05) is 0 Å². The van der Waals surface area contributed by atoms with Crippen LogP contribution in [-0.4, -0.2) is 28.0 Å². The van der Waals surface area contributed by atoms with Crippen molar-refractivity contribution in [3.63, 3.8) is 0 Å². The van der Waals surface area contributed by atoms with Gasteiger partial charge in [-0.1, -0.05) is 0 Å². The summed E-state index contributed by atoms with van der Waals surface area (Å²) >= 11 is 3.22. The summed E-state index contributed by atoms with van der Waals surface area (Å²) in [6, 6.07) is 3.30. The third kappa shape index (κ3) is 2.87. The third-order valence-electron chi connectivity index (χ3n) is 3.12. The van der Waals surface area contributed by atoms with E-state index in [0.717, 1.165) is 0 Å². The number of nitrogens with zero attached hydrogens (tertiary/aromatic N) is 1. The Morgan fingerprint density at radius 3 is 2.83 bits per heavy atom. The highest BCUT2D eigenvalue weighted by Crippen LogP contribution is 2.26. The van der Waals surface area contributed by atoms with Gasteiger partial charge in [0.1, 0.15) is 4.60 Å². The van der Waals surface area contributed by atoms with Crippen LogP contribution >= 0.6 is 15.9 Å². The number of nitrogens with one attached hydrogen (secondary N) is 1. The van der Waals surface area contributed by atoms with Crippen LogP contribution in [0, 0.1) is 5.92 Å². The number of amides is 1. The summed E-state index contributed by atoms with van der Waals surface area (Å²) in [6.45, 7) is 0. The number of pyridine rings is 1. The van der Waals surface area contributed by atoms with Crippen LogP contribution in [0.5, 0.6) is 0 Å². The van der Waals surface area contributed by atoms with E-state index in [1.165, 1.54) is 0 Å². The first kappa shape index (κ1) is 13.0. The highest BCUT2D eigenvalue weighted by Gasteiger charge is 2.30. The van der Waals surface area contributed by atoms with Crippen molar-refractivity contribution in [1.29, 1.82) is 0 Å². The molecule has 0 aliphatic heterocycles. The number of carboxylic acid groups (broad SMARTS) is 1. The van der Waals surface area contributed by atoms with Crippen molar-refractivity contribution in [1.82, 2.24) is 10.3 Å². The van der Waals surface area contributed by atoms with E-state index >= 15 is 0 Å². The number of halogens is 1. The maximum atomic E-state index is 12.0. The molecule has 2 N–H and O–H groups in total. The lowest BCUT2D eigenvalue weighted by Crippen LogP contribution is -2.33. The quantitative estimate of drug-likeness (QED) is 0.834. The Hall–Kier alpha value is -1.43. The van der Waals surface area contributed by atoms with Crippen LogP contribution in [0.1, 0.15) is 29.6 Å². The van der Waals surface area contributed by atoms with Crippen LogP contribution in [0.25, 0.3) is 0 Å². The first-order chi connectivity index (χ1) is 8.58. The van der Waals surface area contributed by atoms with Gasteiger partial charge in [0.05, 0.1) is 11.5 Å². The summed E-state index contributed by atoms with van der Waals surface area (Å²) in [4.78, 5) is 26.8. The van der Waals surface area contributed by atoms with Crippen LogP contribution < -0.4 is 5.32 Å². The summed E-state index contributed by atoms with van der Waals surface area (Å²) in [6.07, 6.45) is 3.42. The molecule has 5 nitrogen and oxygen atoms in total. The Labute approximate surface area is 113 Å². The Morgan fingerprint density at radius 2 is 2.22 bits per heavy atom. The van der Waals surface area contributed by atoms with Crippen molar-refractivity contribution in [2.45, 2.75) is 25.3 Å². The molecule has 1 aliphatic rings. The molecule has 0 saturated heterocycles. The van der Waals surface area contributed by atoms with Crippen molar-refractivity contribution < 1.29 is 14.7 Å². The number of aromatic nitrogens is 1. The molecule has 0 spiro atoms. The van der Waals surface area contributed by atoms with E-state index in [4.69, 9.17) is 5.11 Å². The number of carbonyl (C=O) groups excluding carboxylic acids is 1. The topological polar surface area (TPSA) is 79.3 Å². The Balaban J connectivity index is 1.97. The summed E-state index contributed by atoms with van der Waals surface area (Å²) in [5.41, 5.74) is 0.469. The van der Waals surface area contributed by atoms with Gasteiger partial charge in [-0.3, -0.25) is 9.59 Å². The van der Waals surface area contributed by atoms with Crippen molar-refractivity contribution in [2.75, 3.05) is 0 Å². The smallest absolute Gasteiger partial charge is 0.306 e. The van der Waals surface area contributed by atoms with Gasteiger partial charge in [0, 0.05) is 12.2 Å². The Kier molecular flexibility index (Phi) is 3.96. The first-order valence-electron chi connectivity index (χ1n) is 5.72. The molecule has 2 rings (SSSR count). The molecule has 0 unspecified atom stereocenters. The highest BCUT2D eigenvalue weighted by atomic mass is 79.9. The number of carboxylic acids is 1. The molecule has 96 valence electrons. The molecule has 0 aromatic carbocycles. The van der Waals surface area contributed by atoms with Crippen LogP contribution in [0.2, 0.25) is 0 Å². The molecular weight excluding hydrogens is 300 g/mol. The normalized spacial score (nSPS) is 22.7. The number of rotatable bonds is 3. The van der Waals surface area contributed by atoms with Crippen LogP contribution in [0.4, 0.5) is 0 Å². The van der Waals surface area contributed by atoms with Gasteiger partial charge in [0.25, 0.3) is 5.91 Å². The summed E-state index contributed by atoms with van der Waals surface area (Å²) in [5.74, 6) is -1.34. The van der Waals surface area contributed by atoms with Crippen LogP contribution in [0.3, 0.4) is 0 Å². The molecule has 1 amide bonds. The van der Waals surface area contributed by atoms with E-state index in [2.05, 4.69) is 26.2 Å². The molecule has 1 fully saturated rings. The fraction of sp³-hybridized carbons (Fsp3) is 0.417. The molecule has 1 heterocycles. The largest absolute Gasteiger partial charge is 0.481 e. The lowest BCUT2D eigenvalue weighted by Gasteiger charge is -2.12. The minimum atomic E-state index is -0.783. The average molecular weight is 313 g/mol. The van der Waals surface area contributed by atoms with E-state index < -0.39 is 5.97 Å². The Bertz CT molecular complexity index is 478. The fourth-order valence-corrected chi connectivity index (χ4v) is 2.59. The molecular formula is C12H13BrN2O3. The second-order valence-corrected chi connectivity index (χ2v) is 5.11. The minimum absolute atomic E-state index is 0.0642. The predicted molar refractivity (Wildman–Crippen MR) is 68.2 cm³/mol. The number of hydrogen-bond acceptors (Lipinski definition) is 3. The molecule has 18 heavy (non-hydrogen) atoms. The third-order valence-corrected chi connectivity index (χ3v) is 3.75. The standard InChI is InChI=1S/C12H13BrN2O3/c13-10-9(2-1-5-14-10)11(16)15-8-4-3-7(6-8)12(17)18/h1-2,5,7-8H,3-4,6H2,(H,15,16)(H,17,18)/t7-,8+/m1/s1. The highest BCUT2D eigenvalue weighted by molar-refractivity contribution is 9.10. The van der Waals surface area contributed by atoms with Gasteiger partial charge in [-0.25, -0.2) is 4.98 Å². The van der Waals surface area contributed by atoms with Crippen LogP contribution in [-0.2, 0) is 4.79 Å². The Morgan fingerprint density at radius 1 is 1.44 bits per heavy atom. The van der Waals surface area contributed by atoms with Gasteiger partial charge in [-0.05, 0) is 47.3 Å². The van der Waals surface area contributed by atoms with Gasteiger partial charge in [-0.15, -0.1) is 0 Å². The number of aliphatic carboxylic acids is 1. The van der Waals surface area contributed by atoms with E-state index in [1.54, 1.807) is 18.3 Å². The zero-order valence-corrected chi connectivity index (χ0v) is 11.2. The zero-order chi connectivity index (χ0) is 13.1. The maximum Gasteiger partial charge on any atom is 0.306 e. The zero-order valence-electron chi connectivity index (χ0n) is 9.60. The molecule has 1 aromatic heterocycles. The summed E-state index contributed by atoms with van der Waals surface area (Å²) in [5, 5.41) is 11.7. The predicted octanol–water partition coefficient (Wildman–Crippen LogP) is 1.83. The van der Waals surface area contributed by atoms with Gasteiger partial charge >= 0.3 is 5.97 Å². The lowest BCUT2D eigenvalue weighted by molar-refractivity contribution is -0.141. The van der Waals surface area contributed by atoms with Crippen molar-refractivity contribution in [3.8, 4) is 0 Å². The van der Waals surface area contributed by atoms with Crippen LogP contribution in [0.15, 0.2) is 22.9 Å². The average Bonchev–Trinajstić information content (AvgIpc) is 2.78. The van der Waals surface area contributed by atoms with E-state index in [0.29, 0.717) is 29.4 Å². The molecule has 1 aromatic rings. The fourth-order valence-electron chi connectivity index (χ4n) is 2.16. The maximum absolute atomic E-state index is 12.0. The molecule has 0 radical (unpaired) electrons. The second-order valence-electron chi connectivity index (χ2n) is 4.36. The molecule has 6 heteroatoms. The van der Waals surface area contributed by atoms with Gasteiger partial charge < -0.3 is 10.4 Å². The molecule has 1 aliphatic carbocycles. The molecule has 2 atom stereocenters. The van der Waals surface area contributed by atoms with Gasteiger partial charge in [0.15, 0.2) is 0 Å². The summed E-state index contributed by atoms with van der Waals surface area (Å²) < 4.78 is 0.496. The van der Waals surface area contributed by atoms with Crippen molar-refractivity contribution in [3.05, 3.63) is 28.5 Å². The van der Waals surface area contributed by atoms with E-state index in [9.17, 15) is 9.59 Å². The van der Waals surface area contributed by atoms with E-state index in [-0.39, 0.29) is 17.9 Å².